The Balaban J connectivity index is 5.06. The molecule has 0 aromatic rings. The Bertz CT molecular complexity index is 1900. The molecule has 0 rings (SSSR count). The van der Waals surface area contributed by atoms with Gasteiger partial charge >= 0.3 is 5.97 Å². The van der Waals surface area contributed by atoms with Crippen molar-refractivity contribution in [1.82, 2.24) is 5.32 Å². The van der Waals surface area contributed by atoms with Gasteiger partial charge < -0.3 is 28.5 Å². The van der Waals surface area contributed by atoms with Crippen molar-refractivity contribution in [3.63, 3.8) is 0 Å². The van der Waals surface area contributed by atoms with Crippen molar-refractivity contribution in [2.45, 2.75) is 315 Å². The van der Waals surface area contributed by atoms with Gasteiger partial charge in [0.15, 0.2) is 0 Å². The molecule has 0 aromatic heterocycles. The van der Waals surface area contributed by atoms with Crippen molar-refractivity contribution in [2.24, 2.45) is 0 Å². The lowest BCUT2D eigenvalue weighted by molar-refractivity contribution is -0.870. The molecule has 9 nitrogen and oxygen atoms in total. The molecule has 87 heavy (non-hydrogen) atoms. The fourth-order valence-electron chi connectivity index (χ4n) is 9.89. The fraction of sp³-hybridized carbons (Fsp3) is 0.714. The van der Waals surface area contributed by atoms with Crippen LogP contribution in [0.3, 0.4) is 0 Å². The highest BCUT2D eigenvalue weighted by Crippen LogP contribution is 2.38. The highest BCUT2D eigenvalue weighted by atomic mass is 31.2. The number of likely N-dealkylation sites (N-methyl/N-ethyl adjacent to an activating group) is 1. The Morgan fingerprint density at radius 1 is 0.414 bits per heavy atom. The monoisotopic (exact) mass is 1230 g/mol. The van der Waals surface area contributed by atoms with Crippen LogP contribution in [0, 0.1) is 0 Å². The summed E-state index contributed by atoms with van der Waals surface area (Å²) in [5, 5.41) is 3.03. The molecule has 0 aromatic carbocycles. The van der Waals surface area contributed by atoms with Gasteiger partial charge in [0.05, 0.1) is 33.8 Å². The van der Waals surface area contributed by atoms with Gasteiger partial charge in [-0.1, -0.05) is 290 Å². The van der Waals surface area contributed by atoms with E-state index in [4.69, 9.17) is 13.8 Å². The number of phosphoric acid groups is 1. The molecule has 1 amide bonds. The summed E-state index contributed by atoms with van der Waals surface area (Å²) in [7, 11) is 1.17. The summed E-state index contributed by atoms with van der Waals surface area (Å²) in [6.45, 7) is 6.70. The van der Waals surface area contributed by atoms with Crippen LogP contribution in [-0.4, -0.2) is 69.4 Å². The van der Waals surface area contributed by atoms with Crippen molar-refractivity contribution in [3.8, 4) is 0 Å². The zero-order valence-corrected chi connectivity index (χ0v) is 58.1. The lowest BCUT2D eigenvalue weighted by Gasteiger charge is -2.30. The predicted octanol–water partition coefficient (Wildman–Crippen LogP) is 22.4. The standard InChI is InChI=1S/C77H135N2O7P/c1-7-10-13-16-19-22-25-27-29-31-33-35-37-38-39-40-42-43-45-47-49-51-54-57-60-63-66-69-76(80)78-74(73-85-87(82,83)84-72-71-79(4,5)6)75(68-65-62-59-56-53-24-21-18-15-12-9-3)86-77(81)70-67-64-61-58-55-52-50-48-46-44-41-36-34-32-30-28-26-23-20-17-14-11-8-2/h10,13,19-20,22-23,27-30,33-36,38-39,42-43,65,68,74-75H,7-9,11-12,14-18,21,24-26,31-32,37,40-41,44-64,66-67,69-73H2,1-6H3,(H-,78,80,82,83)/b13-10-,22-19-,23-20-,29-27-,30-28-,35-33-,36-34-,39-38-,43-42-,68-65-. The lowest BCUT2D eigenvalue weighted by Crippen LogP contribution is -2.47. The summed E-state index contributed by atoms with van der Waals surface area (Å²) in [5.41, 5.74) is 0. The van der Waals surface area contributed by atoms with E-state index >= 15 is 0 Å². The molecule has 0 radical (unpaired) electrons. The van der Waals surface area contributed by atoms with E-state index in [0.717, 1.165) is 135 Å². The van der Waals surface area contributed by atoms with Gasteiger partial charge in [-0.3, -0.25) is 14.2 Å². The molecule has 0 saturated heterocycles. The number of phosphoric ester groups is 1. The largest absolute Gasteiger partial charge is 0.756 e. The van der Waals surface area contributed by atoms with Crippen molar-refractivity contribution >= 4 is 19.7 Å². The third-order valence-electron chi connectivity index (χ3n) is 15.4. The minimum Gasteiger partial charge on any atom is -0.756 e. The molecule has 0 aliphatic rings. The minimum atomic E-state index is -4.72. The molecule has 1 N–H and O–H groups in total. The quantitative estimate of drug-likeness (QED) is 0.0212. The molecule has 500 valence electrons. The van der Waals surface area contributed by atoms with Gasteiger partial charge in [-0.05, 0) is 122 Å². The summed E-state index contributed by atoms with van der Waals surface area (Å²) in [6.07, 6.45) is 91.8. The van der Waals surface area contributed by atoms with Crippen LogP contribution in [0.4, 0.5) is 0 Å². The van der Waals surface area contributed by atoms with E-state index in [2.05, 4.69) is 135 Å². The molecule has 0 aliphatic carbocycles. The molecular formula is C77H135N2O7P. The zero-order valence-electron chi connectivity index (χ0n) is 57.2. The highest BCUT2D eigenvalue weighted by molar-refractivity contribution is 7.45. The lowest BCUT2D eigenvalue weighted by atomic mass is 10.0. The second-order valence-electron chi connectivity index (χ2n) is 25.0. The molecule has 3 unspecified atom stereocenters. The number of nitrogens with one attached hydrogen (secondary N) is 1. The Kier molecular flexibility index (Phi) is 62.7. The first kappa shape index (κ1) is 83.4. The third kappa shape index (κ3) is 66.7. The third-order valence-corrected chi connectivity index (χ3v) is 16.3. The van der Waals surface area contributed by atoms with Crippen LogP contribution in [0.2, 0.25) is 0 Å². The number of esters is 1. The van der Waals surface area contributed by atoms with E-state index in [-0.39, 0.29) is 24.9 Å². The van der Waals surface area contributed by atoms with Crippen LogP contribution in [0.15, 0.2) is 122 Å². The summed E-state index contributed by atoms with van der Waals surface area (Å²) >= 11 is 0. The van der Waals surface area contributed by atoms with E-state index < -0.39 is 26.6 Å². The first-order valence-corrected chi connectivity index (χ1v) is 37.3. The number of unbranched alkanes of at least 4 members (excludes halogenated alkanes) is 30. The van der Waals surface area contributed by atoms with Gasteiger partial charge in [-0.15, -0.1) is 0 Å². The average molecular weight is 1230 g/mol. The molecular weight excluding hydrogens is 1100 g/mol. The topological polar surface area (TPSA) is 114 Å². The maximum absolute atomic E-state index is 13.6. The van der Waals surface area contributed by atoms with Gasteiger partial charge in [0.25, 0.3) is 7.82 Å². The van der Waals surface area contributed by atoms with Gasteiger partial charge in [0.2, 0.25) is 5.91 Å². The molecule has 0 bridgehead atoms. The van der Waals surface area contributed by atoms with Crippen molar-refractivity contribution in [1.29, 1.82) is 0 Å². The number of amides is 1. The average Bonchev–Trinajstić information content (AvgIpc) is 3.70. The number of ether oxygens (including phenoxy) is 1. The molecule has 0 aliphatic heterocycles. The number of hydrogen-bond donors (Lipinski definition) is 1. The van der Waals surface area contributed by atoms with Crippen LogP contribution in [0.25, 0.3) is 0 Å². The number of quaternary nitrogens is 1. The maximum atomic E-state index is 13.6. The number of allylic oxidation sites excluding steroid dienone is 19. The maximum Gasteiger partial charge on any atom is 0.306 e. The molecule has 0 fully saturated rings. The van der Waals surface area contributed by atoms with Crippen LogP contribution in [-0.2, 0) is 27.9 Å². The van der Waals surface area contributed by atoms with E-state index in [1.807, 2.05) is 33.3 Å². The Morgan fingerprint density at radius 2 is 0.736 bits per heavy atom. The first-order valence-electron chi connectivity index (χ1n) is 35.8. The van der Waals surface area contributed by atoms with Gasteiger partial charge in [-0.2, -0.15) is 0 Å². The van der Waals surface area contributed by atoms with Crippen molar-refractivity contribution in [2.75, 3.05) is 40.9 Å². The van der Waals surface area contributed by atoms with Gasteiger partial charge in [0, 0.05) is 12.8 Å². The summed E-state index contributed by atoms with van der Waals surface area (Å²) in [5.74, 6) is -0.557. The summed E-state index contributed by atoms with van der Waals surface area (Å²) in [6, 6.07) is -0.903. The van der Waals surface area contributed by atoms with E-state index in [1.54, 1.807) is 0 Å². The SMILES string of the molecule is CC/C=C\C/C=C\C/C=C\C/C=C\C/C=C\C/C=C\CCCCCCCCCCC(=O)NC(COP(=O)([O-])OCC[N+](C)(C)C)C(/C=C\CCCCCCCCCCC)OC(=O)CCCCCCCCCCCC/C=C\C/C=C\C/C=C\CCCCC. The van der Waals surface area contributed by atoms with E-state index in [1.165, 1.54) is 135 Å². The van der Waals surface area contributed by atoms with E-state index in [9.17, 15) is 19.0 Å². The number of carbonyl (C=O) groups is 2. The number of rotatable bonds is 64. The molecule has 3 atom stereocenters. The van der Waals surface area contributed by atoms with Crippen molar-refractivity contribution in [3.05, 3.63) is 122 Å². The summed E-state index contributed by atoms with van der Waals surface area (Å²) < 4.78 is 30.4. The summed E-state index contributed by atoms with van der Waals surface area (Å²) in [4.78, 5) is 40.2. The predicted molar refractivity (Wildman–Crippen MR) is 376 cm³/mol. The Labute approximate surface area is 537 Å². The first-order chi connectivity index (χ1) is 42.4. The smallest absolute Gasteiger partial charge is 0.306 e. The molecule has 0 heterocycles. The van der Waals surface area contributed by atoms with Crippen LogP contribution in [0.1, 0.15) is 303 Å². The van der Waals surface area contributed by atoms with Gasteiger partial charge in [0.1, 0.15) is 19.3 Å². The van der Waals surface area contributed by atoms with Crippen LogP contribution < -0.4 is 10.2 Å². The Hall–Kier alpha value is -3.59. The zero-order chi connectivity index (χ0) is 63.5. The Morgan fingerprint density at radius 3 is 1.13 bits per heavy atom. The van der Waals surface area contributed by atoms with Crippen molar-refractivity contribution < 1.29 is 37.3 Å². The molecule has 0 spiro atoms. The fourth-order valence-corrected chi connectivity index (χ4v) is 10.6. The van der Waals surface area contributed by atoms with Gasteiger partial charge in [-0.25, -0.2) is 0 Å². The number of hydrogen-bond acceptors (Lipinski definition) is 7. The van der Waals surface area contributed by atoms with Crippen LogP contribution in [0.5, 0.6) is 0 Å². The normalized spacial score (nSPS) is 14.2. The second kappa shape index (κ2) is 65.4. The highest BCUT2D eigenvalue weighted by Gasteiger charge is 2.27. The molecule has 0 saturated carbocycles. The van der Waals surface area contributed by atoms with E-state index in [0.29, 0.717) is 17.4 Å². The number of carbonyl (C=O) groups excluding carboxylic acids is 2. The van der Waals surface area contributed by atoms with Crippen LogP contribution >= 0.6 is 7.82 Å². The number of nitrogens with zero attached hydrogens (tertiary/aromatic N) is 1. The minimum absolute atomic E-state index is 0.0303. The molecule has 10 heteroatoms. The second-order valence-corrected chi connectivity index (χ2v) is 26.4.